The molecule has 3 aliphatic rings. The smallest absolute Gasteiger partial charge is 0.251 e. The second kappa shape index (κ2) is 12.0. The van der Waals surface area contributed by atoms with Crippen molar-refractivity contribution in [1.29, 1.82) is 0 Å². The Kier molecular flexibility index (Phi) is 8.35. The highest BCUT2D eigenvalue weighted by Crippen LogP contribution is 2.47. The SMILES string of the molecule is CCN(c1c(C)c(C(N)=O)cc(-c2ccc3c(c2)NC(=O)C32CCOCC2)c1Cc1c(C)cc(C)[nH]c1=O)C1CCS(=O)(=O)CC1. The summed E-state index contributed by atoms with van der Waals surface area (Å²) in [4.78, 5) is 44.8. The van der Waals surface area contributed by atoms with E-state index in [1.807, 2.05) is 52.0 Å². The van der Waals surface area contributed by atoms with Crippen LogP contribution >= 0.6 is 0 Å². The summed E-state index contributed by atoms with van der Waals surface area (Å²) in [6.45, 7) is 9.25. The number of H-pyrrole nitrogens is 1. The maximum absolute atomic E-state index is 13.4. The van der Waals surface area contributed by atoms with E-state index in [0.29, 0.717) is 62.1 Å². The minimum absolute atomic E-state index is 0.0307. The van der Waals surface area contributed by atoms with Crippen LogP contribution in [0.25, 0.3) is 11.1 Å². The number of nitrogens with one attached hydrogen (secondary N) is 2. The van der Waals surface area contributed by atoms with E-state index < -0.39 is 21.2 Å². The van der Waals surface area contributed by atoms with Crippen molar-refractivity contribution in [2.24, 2.45) is 5.73 Å². The molecule has 4 heterocycles. The van der Waals surface area contributed by atoms with Crippen molar-refractivity contribution in [1.82, 2.24) is 4.98 Å². The number of carbonyl (C=O) groups is 2. The molecule has 10 nitrogen and oxygen atoms in total. The summed E-state index contributed by atoms with van der Waals surface area (Å²) in [6, 6.07) is 9.60. The molecule has 4 N–H and O–H groups in total. The number of nitrogens with zero attached hydrogens (tertiary/aromatic N) is 1. The number of fused-ring (bicyclic) bond motifs is 2. The first-order valence-corrected chi connectivity index (χ1v) is 17.8. The predicted octanol–water partition coefficient (Wildman–Crippen LogP) is 4.06. The van der Waals surface area contributed by atoms with Gasteiger partial charge in [-0.15, -0.1) is 0 Å². The molecule has 2 amide bonds. The summed E-state index contributed by atoms with van der Waals surface area (Å²) >= 11 is 0. The molecule has 3 aliphatic heterocycles. The Hall–Kier alpha value is -3.96. The van der Waals surface area contributed by atoms with Crippen LogP contribution in [0.3, 0.4) is 0 Å². The normalized spacial score (nSPS) is 18.7. The van der Waals surface area contributed by atoms with Crippen molar-refractivity contribution in [3.05, 3.63) is 79.8 Å². The van der Waals surface area contributed by atoms with Crippen LogP contribution in [0.15, 0.2) is 35.1 Å². The summed E-state index contributed by atoms with van der Waals surface area (Å²) in [7, 11) is -3.11. The number of hydrogen-bond donors (Lipinski definition) is 3. The maximum Gasteiger partial charge on any atom is 0.251 e. The quantitative estimate of drug-likeness (QED) is 0.350. The number of benzene rings is 2. The van der Waals surface area contributed by atoms with Gasteiger partial charge in [0.1, 0.15) is 9.84 Å². The van der Waals surface area contributed by atoms with Crippen LogP contribution in [-0.2, 0) is 31.2 Å². The topological polar surface area (TPSA) is 152 Å². The first-order chi connectivity index (χ1) is 21.8. The third-order valence-corrected chi connectivity index (χ3v) is 12.0. The van der Waals surface area contributed by atoms with Crippen molar-refractivity contribution in [3.8, 4) is 11.1 Å². The summed E-state index contributed by atoms with van der Waals surface area (Å²) in [6.07, 6.45) is 2.42. The highest BCUT2D eigenvalue weighted by atomic mass is 32.2. The van der Waals surface area contributed by atoms with E-state index in [1.54, 1.807) is 6.07 Å². The second-order valence-electron chi connectivity index (χ2n) is 13.0. The van der Waals surface area contributed by atoms with Gasteiger partial charge in [0.05, 0.1) is 16.9 Å². The molecule has 0 atom stereocenters. The summed E-state index contributed by atoms with van der Waals surface area (Å²) < 4.78 is 30.3. The molecule has 0 bridgehead atoms. The number of aryl methyl sites for hydroxylation is 2. The number of sulfone groups is 1. The lowest BCUT2D eigenvalue weighted by Crippen LogP contribution is -2.42. The molecule has 2 fully saturated rings. The number of nitrogens with two attached hydrogens (primary N) is 1. The molecule has 2 aromatic carbocycles. The molecule has 3 aromatic rings. The Morgan fingerprint density at radius 1 is 1.04 bits per heavy atom. The Labute approximate surface area is 269 Å². The highest BCUT2D eigenvalue weighted by Gasteiger charge is 2.47. The Bertz CT molecular complexity index is 1890. The Balaban J connectivity index is 1.59. The second-order valence-corrected chi connectivity index (χ2v) is 15.3. The average molecular weight is 647 g/mol. The number of carbonyl (C=O) groups excluding carboxylic acids is 2. The summed E-state index contributed by atoms with van der Waals surface area (Å²) in [5.74, 6) is -0.414. The van der Waals surface area contributed by atoms with Crippen molar-refractivity contribution < 1.29 is 22.7 Å². The molecular formula is C35H42N4O6S. The van der Waals surface area contributed by atoms with Crippen LogP contribution < -0.4 is 21.5 Å². The lowest BCUT2D eigenvalue weighted by molar-refractivity contribution is -0.124. The van der Waals surface area contributed by atoms with E-state index in [-0.39, 0.29) is 35.4 Å². The van der Waals surface area contributed by atoms with E-state index in [1.165, 1.54) is 0 Å². The fourth-order valence-corrected chi connectivity index (χ4v) is 9.25. The van der Waals surface area contributed by atoms with Gasteiger partial charge in [-0.3, -0.25) is 14.4 Å². The van der Waals surface area contributed by atoms with Crippen molar-refractivity contribution >= 4 is 33.0 Å². The van der Waals surface area contributed by atoms with Crippen LogP contribution in [0.2, 0.25) is 0 Å². The van der Waals surface area contributed by atoms with Gasteiger partial charge in [-0.2, -0.15) is 0 Å². The number of hydrogen-bond acceptors (Lipinski definition) is 7. The lowest BCUT2D eigenvalue weighted by atomic mass is 9.75. The molecule has 1 spiro atoms. The molecule has 244 valence electrons. The minimum atomic E-state index is -3.11. The Morgan fingerprint density at radius 2 is 1.74 bits per heavy atom. The lowest BCUT2D eigenvalue weighted by Gasteiger charge is -2.38. The van der Waals surface area contributed by atoms with Crippen LogP contribution in [-0.4, -0.2) is 62.5 Å². The zero-order valence-electron chi connectivity index (χ0n) is 26.9. The molecule has 0 aliphatic carbocycles. The zero-order chi connectivity index (χ0) is 33.0. The van der Waals surface area contributed by atoms with Gasteiger partial charge in [0.2, 0.25) is 11.8 Å². The van der Waals surface area contributed by atoms with E-state index in [0.717, 1.165) is 44.9 Å². The molecular weight excluding hydrogens is 604 g/mol. The van der Waals surface area contributed by atoms with Gasteiger partial charge in [-0.05, 0) is 105 Å². The van der Waals surface area contributed by atoms with Crippen molar-refractivity contribution in [2.75, 3.05) is 41.5 Å². The molecule has 0 saturated carbocycles. The van der Waals surface area contributed by atoms with Gasteiger partial charge < -0.3 is 25.7 Å². The third kappa shape index (κ3) is 5.53. The molecule has 1 aromatic heterocycles. The average Bonchev–Trinajstić information content (AvgIpc) is 3.26. The number of primary amides is 1. The van der Waals surface area contributed by atoms with Crippen LogP contribution in [0.1, 0.15) is 76.5 Å². The number of aromatic amines is 1. The van der Waals surface area contributed by atoms with Crippen LogP contribution in [0.5, 0.6) is 0 Å². The molecule has 11 heteroatoms. The van der Waals surface area contributed by atoms with Gasteiger partial charge in [0.15, 0.2) is 0 Å². The standard InChI is InChI=1S/C35H42N4O6S/c1-5-39(24-8-14-46(43,44)15-9-24)31-22(4)26(32(36)40)19-27(28(31)18-25-20(2)16-21(3)37-33(25)41)23-6-7-29-30(17-23)38-34(42)35(29)10-12-45-13-11-35/h6-7,16-17,19,24H,5,8-15,18H2,1-4H3,(H2,36,40)(H,37,41)(H,38,42). The first-order valence-electron chi connectivity index (χ1n) is 16.0. The first kappa shape index (κ1) is 32.0. The van der Waals surface area contributed by atoms with Gasteiger partial charge >= 0.3 is 0 Å². The van der Waals surface area contributed by atoms with Crippen LogP contribution in [0, 0.1) is 20.8 Å². The molecule has 46 heavy (non-hydrogen) atoms. The monoisotopic (exact) mass is 646 g/mol. The fraction of sp³-hybridized carbons (Fsp3) is 0.457. The fourth-order valence-electron chi connectivity index (χ4n) is 7.78. The van der Waals surface area contributed by atoms with Crippen molar-refractivity contribution in [2.45, 2.75) is 71.3 Å². The molecule has 0 unspecified atom stereocenters. The van der Waals surface area contributed by atoms with Gasteiger partial charge in [-0.1, -0.05) is 12.1 Å². The zero-order valence-corrected chi connectivity index (χ0v) is 27.7. The van der Waals surface area contributed by atoms with Gasteiger partial charge in [0.25, 0.3) is 5.56 Å². The van der Waals surface area contributed by atoms with Gasteiger partial charge in [0, 0.05) is 60.4 Å². The van der Waals surface area contributed by atoms with E-state index in [9.17, 15) is 22.8 Å². The number of aromatic nitrogens is 1. The molecule has 0 radical (unpaired) electrons. The Morgan fingerprint density at radius 3 is 2.37 bits per heavy atom. The molecule has 6 rings (SSSR count). The number of anilines is 2. The van der Waals surface area contributed by atoms with Gasteiger partial charge in [-0.25, -0.2) is 8.42 Å². The highest BCUT2D eigenvalue weighted by molar-refractivity contribution is 7.91. The number of pyridine rings is 1. The van der Waals surface area contributed by atoms with E-state index >= 15 is 0 Å². The minimum Gasteiger partial charge on any atom is -0.381 e. The number of ether oxygens (including phenoxy) is 1. The predicted molar refractivity (Wildman–Crippen MR) is 180 cm³/mol. The largest absolute Gasteiger partial charge is 0.381 e. The number of rotatable bonds is 7. The van der Waals surface area contributed by atoms with Crippen LogP contribution in [0.4, 0.5) is 11.4 Å². The van der Waals surface area contributed by atoms with Crippen molar-refractivity contribution in [3.63, 3.8) is 0 Å². The van der Waals surface area contributed by atoms with E-state index in [2.05, 4.69) is 15.2 Å². The number of amides is 2. The molecule has 2 saturated heterocycles. The summed E-state index contributed by atoms with van der Waals surface area (Å²) in [5, 5.41) is 3.11. The summed E-state index contributed by atoms with van der Waals surface area (Å²) in [5.41, 5.74) is 13.3. The van der Waals surface area contributed by atoms with E-state index in [4.69, 9.17) is 10.5 Å². The third-order valence-electron chi connectivity index (χ3n) is 10.2. The maximum atomic E-state index is 13.4.